The zero-order chi connectivity index (χ0) is 16.7. The minimum atomic E-state index is -0.273. The molecule has 3 heterocycles. The Labute approximate surface area is 140 Å². The van der Waals surface area contributed by atoms with Gasteiger partial charge in [0.2, 0.25) is 0 Å². The number of nitrogens with zero attached hydrogens (tertiary/aromatic N) is 4. The van der Waals surface area contributed by atoms with Crippen LogP contribution in [0.4, 0.5) is 10.1 Å². The molecule has 0 atom stereocenters. The molecule has 0 saturated heterocycles. The highest BCUT2D eigenvalue weighted by atomic mass is 19.1. The van der Waals surface area contributed by atoms with Crippen LogP contribution in [0.15, 0.2) is 30.5 Å². The third-order valence-electron chi connectivity index (χ3n) is 4.55. The predicted octanol–water partition coefficient (Wildman–Crippen LogP) is 3.60. The maximum Gasteiger partial charge on any atom is 0.149 e. The maximum atomic E-state index is 14.1. The van der Waals surface area contributed by atoms with Crippen LogP contribution in [0.25, 0.3) is 10.9 Å². The molecule has 0 aliphatic carbocycles. The van der Waals surface area contributed by atoms with E-state index in [0.29, 0.717) is 5.52 Å². The van der Waals surface area contributed by atoms with Crippen molar-refractivity contribution in [1.29, 1.82) is 0 Å². The summed E-state index contributed by atoms with van der Waals surface area (Å²) < 4.78 is 14.1. The summed E-state index contributed by atoms with van der Waals surface area (Å²) in [6.07, 6.45) is 3.68. The SMILES string of the molecule is CCc1ncc2c(n1)CN(c1cc(C)nc3c(F)cccc13)CC2. The molecule has 1 aliphatic rings. The lowest BCUT2D eigenvalue weighted by Gasteiger charge is -2.31. The van der Waals surface area contributed by atoms with Gasteiger partial charge in [-0.25, -0.2) is 19.3 Å². The smallest absolute Gasteiger partial charge is 0.149 e. The van der Waals surface area contributed by atoms with E-state index in [9.17, 15) is 4.39 Å². The first-order valence-corrected chi connectivity index (χ1v) is 8.30. The number of aromatic nitrogens is 3. The number of hydrogen-bond donors (Lipinski definition) is 0. The molecule has 5 heteroatoms. The molecule has 1 aliphatic heterocycles. The quantitative estimate of drug-likeness (QED) is 0.723. The van der Waals surface area contributed by atoms with Crippen LogP contribution in [-0.4, -0.2) is 21.5 Å². The van der Waals surface area contributed by atoms with Gasteiger partial charge in [-0.05, 0) is 31.0 Å². The van der Waals surface area contributed by atoms with Gasteiger partial charge in [0, 0.05) is 35.9 Å². The molecule has 0 radical (unpaired) electrons. The summed E-state index contributed by atoms with van der Waals surface area (Å²) in [5.74, 6) is 0.600. The predicted molar refractivity (Wildman–Crippen MR) is 92.6 cm³/mol. The summed E-state index contributed by atoms with van der Waals surface area (Å²) in [5.41, 5.74) is 4.58. The van der Waals surface area contributed by atoms with Crippen molar-refractivity contribution in [3.05, 3.63) is 59.1 Å². The Morgan fingerprint density at radius 2 is 2.12 bits per heavy atom. The number of para-hydroxylation sites is 1. The zero-order valence-electron chi connectivity index (χ0n) is 13.9. The Kier molecular flexibility index (Phi) is 3.63. The summed E-state index contributed by atoms with van der Waals surface area (Å²) in [5, 5.41) is 0.855. The molecule has 4 rings (SSSR count). The number of hydrogen-bond acceptors (Lipinski definition) is 4. The van der Waals surface area contributed by atoms with E-state index < -0.39 is 0 Å². The van der Waals surface area contributed by atoms with Gasteiger partial charge in [-0.15, -0.1) is 0 Å². The zero-order valence-corrected chi connectivity index (χ0v) is 13.9. The third-order valence-corrected chi connectivity index (χ3v) is 4.55. The van der Waals surface area contributed by atoms with Gasteiger partial charge in [0.15, 0.2) is 0 Å². The third kappa shape index (κ3) is 2.50. The standard InChI is InChI=1S/C19H19FN4/c1-3-18-21-10-13-7-8-24(11-16(13)23-18)17-9-12(2)22-19-14(17)5-4-6-15(19)20/h4-6,9-10H,3,7-8,11H2,1-2H3. The van der Waals surface area contributed by atoms with Crippen molar-refractivity contribution in [2.45, 2.75) is 33.2 Å². The van der Waals surface area contributed by atoms with Crippen LogP contribution < -0.4 is 4.90 Å². The van der Waals surface area contributed by atoms with Crippen LogP contribution in [0.3, 0.4) is 0 Å². The number of aryl methyl sites for hydroxylation is 2. The van der Waals surface area contributed by atoms with E-state index >= 15 is 0 Å². The van der Waals surface area contributed by atoms with E-state index in [1.54, 1.807) is 6.07 Å². The van der Waals surface area contributed by atoms with Crippen molar-refractivity contribution >= 4 is 16.6 Å². The van der Waals surface area contributed by atoms with Crippen molar-refractivity contribution < 1.29 is 4.39 Å². The summed E-state index contributed by atoms with van der Waals surface area (Å²) in [6.45, 7) is 5.56. The molecule has 0 bridgehead atoms. The normalized spacial score (nSPS) is 14.0. The van der Waals surface area contributed by atoms with Crippen molar-refractivity contribution in [3.63, 3.8) is 0 Å². The van der Waals surface area contributed by atoms with Crippen molar-refractivity contribution in [2.24, 2.45) is 0 Å². The average molecular weight is 322 g/mol. The number of rotatable bonds is 2. The summed E-state index contributed by atoms with van der Waals surface area (Å²) in [7, 11) is 0. The van der Waals surface area contributed by atoms with Gasteiger partial charge >= 0.3 is 0 Å². The summed E-state index contributed by atoms with van der Waals surface area (Å²) >= 11 is 0. The summed E-state index contributed by atoms with van der Waals surface area (Å²) in [4.78, 5) is 15.7. The lowest BCUT2D eigenvalue weighted by molar-refractivity contribution is 0.636. The molecule has 0 amide bonds. The van der Waals surface area contributed by atoms with E-state index in [1.165, 1.54) is 11.6 Å². The first-order chi connectivity index (χ1) is 11.7. The fraction of sp³-hybridized carbons (Fsp3) is 0.316. The van der Waals surface area contributed by atoms with Gasteiger partial charge in [0.1, 0.15) is 17.2 Å². The highest BCUT2D eigenvalue weighted by Crippen LogP contribution is 2.31. The maximum absolute atomic E-state index is 14.1. The topological polar surface area (TPSA) is 41.9 Å². The second kappa shape index (κ2) is 5.82. The molecule has 122 valence electrons. The van der Waals surface area contributed by atoms with Crippen LogP contribution in [0, 0.1) is 12.7 Å². The number of fused-ring (bicyclic) bond motifs is 2. The first-order valence-electron chi connectivity index (χ1n) is 8.30. The molecule has 1 aromatic carbocycles. The molecule has 2 aromatic heterocycles. The van der Waals surface area contributed by atoms with Crippen molar-refractivity contribution in [2.75, 3.05) is 11.4 Å². The highest BCUT2D eigenvalue weighted by molar-refractivity contribution is 5.92. The van der Waals surface area contributed by atoms with Gasteiger partial charge in [0.25, 0.3) is 0 Å². The van der Waals surface area contributed by atoms with E-state index in [-0.39, 0.29) is 5.82 Å². The molecule has 0 saturated carbocycles. The lowest BCUT2D eigenvalue weighted by atomic mass is 10.0. The first kappa shape index (κ1) is 15.0. The fourth-order valence-electron chi connectivity index (χ4n) is 3.30. The van der Waals surface area contributed by atoms with E-state index in [2.05, 4.69) is 26.8 Å². The van der Waals surface area contributed by atoms with Crippen molar-refractivity contribution in [3.8, 4) is 0 Å². The van der Waals surface area contributed by atoms with Crippen LogP contribution in [0.5, 0.6) is 0 Å². The Morgan fingerprint density at radius 3 is 2.96 bits per heavy atom. The summed E-state index contributed by atoms with van der Waals surface area (Å²) in [6, 6.07) is 7.18. The minimum absolute atomic E-state index is 0.273. The largest absolute Gasteiger partial charge is 0.365 e. The second-order valence-corrected chi connectivity index (χ2v) is 6.20. The van der Waals surface area contributed by atoms with Gasteiger partial charge in [-0.1, -0.05) is 19.1 Å². The van der Waals surface area contributed by atoms with E-state index in [4.69, 9.17) is 0 Å². The molecular weight excluding hydrogens is 303 g/mol. The van der Waals surface area contributed by atoms with Crippen LogP contribution in [-0.2, 0) is 19.4 Å². The van der Waals surface area contributed by atoms with Crippen molar-refractivity contribution in [1.82, 2.24) is 15.0 Å². The Hall–Kier alpha value is -2.56. The van der Waals surface area contributed by atoms with Gasteiger partial charge in [-0.2, -0.15) is 0 Å². The minimum Gasteiger partial charge on any atom is -0.365 e. The molecule has 3 aromatic rings. The number of benzene rings is 1. The van der Waals surface area contributed by atoms with Crippen LogP contribution >= 0.6 is 0 Å². The molecule has 24 heavy (non-hydrogen) atoms. The highest BCUT2D eigenvalue weighted by Gasteiger charge is 2.21. The second-order valence-electron chi connectivity index (χ2n) is 6.20. The molecule has 0 N–H and O–H groups in total. The molecule has 0 unspecified atom stereocenters. The number of halogens is 1. The van der Waals surface area contributed by atoms with Gasteiger partial charge < -0.3 is 4.90 Å². The number of pyridine rings is 1. The van der Waals surface area contributed by atoms with Crippen LogP contribution in [0.1, 0.15) is 29.7 Å². The van der Waals surface area contributed by atoms with E-state index in [0.717, 1.165) is 54.2 Å². The fourth-order valence-corrected chi connectivity index (χ4v) is 3.30. The lowest BCUT2D eigenvalue weighted by Crippen LogP contribution is -2.32. The monoisotopic (exact) mass is 322 g/mol. The average Bonchev–Trinajstić information content (AvgIpc) is 2.61. The molecular formula is C19H19FN4. The molecule has 0 spiro atoms. The Bertz CT molecular complexity index is 923. The molecule has 4 nitrogen and oxygen atoms in total. The molecule has 0 fully saturated rings. The van der Waals surface area contributed by atoms with E-state index in [1.807, 2.05) is 25.3 Å². The Balaban J connectivity index is 1.80. The van der Waals surface area contributed by atoms with Gasteiger partial charge in [0.05, 0.1) is 12.2 Å². The van der Waals surface area contributed by atoms with Crippen LogP contribution in [0.2, 0.25) is 0 Å². The Morgan fingerprint density at radius 1 is 1.25 bits per heavy atom. The number of anilines is 1. The van der Waals surface area contributed by atoms with Gasteiger partial charge in [-0.3, -0.25) is 0 Å².